The highest BCUT2D eigenvalue weighted by atomic mass is 15.0. The van der Waals surface area contributed by atoms with Crippen LogP contribution in [0.15, 0.2) is 158 Å². The average molecular weight is 635 g/mol. The number of aromatic nitrogens is 2. The number of hydrogen-bond acceptors (Lipinski definition) is 0. The van der Waals surface area contributed by atoms with Gasteiger partial charge in [0.15, 0.2) is 0 Å². The lowest BCUT2D eigenvalue weighted by atomic mass is 9.83. The molecule has 2 aromatic heterocycles. The first kappa shape index (κ1) is 26.6. The molecule has 0 unspecified atom stereocenters. The molecule has 50 heavy (non-hydrogen) atoms. The molecule has 0 atom stereocenters. The third kappa shape index (κ3) is 3.33. The van der Waals surface area contributed by atoms with Crippen molar-refractivity contribution in [3.8, 4) is 44.8 Å². The zero-order chi connectivity index (χ0) is 32.5. The first-order valence-corrected chi connectivity index (χ1v) is 17.7. The fourth-order valence-electron chi connectivity index (χ4n) is 9.51. The molecule has 0 radical (unpaired) electrons. The molecule has 0 aliphatic heterocycles. The topological polar surface area (TPSA) is 9.86 Å². The predicted molar refractivity (Wildman–Crippen MR) is 210 cm³/mol. The monoisotopic (exact) mass is 634 g/mol. The number of rotatable bonds is 2. The van der Waals surface area contributed by atoms with Crippen LogP contribution >= 0.6 is 0 Å². The van der Waals surface area contributed by atoms with Gasteiger partial charge in [-0.05, 0) is 117 Å². The standard InChI is InChI=1S/C48H30N2/c1-2-11-33-29(10-1)20-21-30-22-27-43-48(45(30)33)38-15-6-8-19-42(38)49(43)31-23-25-32(26-24-31)50-41-18-7-5-14-37(41)47-39-17-9-16-36-34-12-3-4-13-35(34)40(46(36)39)28-44(47)50/h1-19,22-28H,20-21H2. The number of hydrogen-bond donors (Lipinski definition) is 0. The Morgan fingerprint density at radius 3 is 1.64 bits per heavy atom. The third-order valence-electron chi connectivity index (χ3n) is 11.5. The number of benzene rings is 8. The normalized spacial score (nSPS) is 13.0. The Kier molecular flexibility index (Phi) is 5.11. The minimum Gasteiger partial charge on any atom is -0.309 e. The minimum atomic E-state index is 1.08. The van der Waals surface area contributed by atoms with E-state index in [0.717, 1.165) is 12.8 Å². The summed E-state index contributed by atoms with van der Waals surface area (Å²) in [5.41, 5.74) is 18.3. The van der Waals surface area contributed by atoms with Crippen molar-refractivity contribution in [3.05, 3.63) is 169 Å². The zero-order valence-corrected chi connectivity index (χ0v) is 27.3. The first-order valence-electron chi connectivity index (χ1n) is 17.7. The van der Waals surface area contributed by atoms with E-state index in [1.165, 1.54) is 110 Å². The SMILES string of the molecule is c1ccc2c(c1)CCc1ccc3c(c1-2)c1ccccc1n3-c1ccc(-n2c3ccccc3c3c4cccc5c4c(cc32)-c2ccccc2-5)cc1. The molecule has 12 rings (SSSR count). The van der Waals surface area contributed by atoms with Crippen LogP contribution in [0.4, 0.5) is 0 Å². The molecule has 2 heterocycles. The Hall–Kier alpha value is -6.38. The summed E-state index contributed by atoms with van der Waals surface area (Å²) in [5.74, 6) is 0. The molecule has 2 heteroatoms. The molecule has 0 N–H and O–H groups in total. The molecule has 2 aliphatic rings. The van der Waals surface area contributed by atoms with Gasteiger partial charge in [0.05, 0.1) is 22.1 Å². The largest absolute Gasteiger partial charge is 0.309 e. The van der Waals surface area contributed by atoms with Crippen LogP contribution < -0.4 is 0 Å². The number of aryl methyl sites for hydroxylation is 2. The molecule has 232 valence electrons. The second-order valence-electron chi connectivity index (χ2n) is 14.0. The number of fused-ring (bicyclic) bond motifs is 14. The minimum absolute atomic E-state index is 1.08. The molecule has 10 aromatic rings. The number of para-hydroxylation sites is 2. The van der Waals surface area contributed by atoms with Crippen LogP contribution in [0.5, 0.6) is 0 Å². The van der Waals surface area contributed by atoms with Gasteiger partial charge in [0, 0.05) is 32.9 Å². The van der Waals surface area contributed by atoms with Gasteiger partial charge in [0.25, 0.3) is 0 Å². The van der Waals surface area contributed by atoms with E-state index >= 15 is 0 Å². The smallest absolute Gasteiger partial charge is 0.0553 e. The molecule has 0 saturated heterocycles. The van der Waals surface area contributed by atoms with Gasteiger partial charge in [-0.25, -0.2) is 0 Å². The lowest BCUT2D eigenvalue weighted by Gasteiger charge is -2.21. The second-order valence-corrected chi connectivity index (χ2v) is 14.0. The highest BCUT2D eigenvalue weighted by molar-refractivity contribution is 6.29. The molecular weight excluding hydrogens is 605 g/mol. The van der Waals surface area contributed by atoms with E-state index in [4.69, 9.17) is 0 Å². The van der Waals surface area contributed by atoms with E-state index in [2.05, 4.69) is 167 Å². The van der Waals surface area contributed by atoms with Crippen LogP contribution in [0.2, 0.25) is 0 Å². The van der Waals surface area contributed by atoms with E-state index in [1.807, 2.05) is 0 Å². The van der Waals surface area contributed by atoms with Crippen molar-refractivity contribution in [2.24, 2.45) is 0 Å². The van der Waals surface area contributed by atoms with Crippen LogP contribution in [0.3, 0.4) is 0 Å². The van der Waals surface area contributed by atoms with Crippen molar-refractivity contribution >= 4 is 54.4 Å². The van der Waals surface area contributed by atoms with Crippen LogP contribution in [0, 0.1) is 0 Å². The molecule has 0 bridgehead atoms. The maximum Gasteiger partial charge on any atom is 0.0553 e. The molecule has 0 amide bonds. The van der Waals surface area contributed by atoms with Gasteiger partial charge in [0.2, 0.25) is 0 Å². The molecule has 8 aromatic carbocycles. The Morgan fingerprint density at radius 1 is 0.320 bits per heavy atom. The fraction of sp³-hybridized carbons (Fsp3) is 0.0417. The summed E-state index contributed by atoms with van der Waals surface area (Å²) < 4.78 is 4.93. The quantitative estimate of drug-likeness (QED) is 0.179. The van der Waals surface area contributed by atoms with Crippen LogP contribution in [0.25, 0.3) is 99.1 Å². The highest BCUT2D eigenvalue weighted by Crippen LogP contribution is 2.51. The van der Waals surface area contributed by atoms with E-state index < -0.39 is 0 Å². The third-order valence-corrected chi connectivity index (χ3v) is 11.5. The van der Waals surface area contributed by atoms with Crippen molar-refractivity contribution in [3.63, 3.8) is 0 Å². The van der Waals surface area contributed by atoms with Crippen molar-refractivity contribution in [2.45, 2.75) is 12.8 Å². The van der Waals surface area contributed by atoms with Crippen molar-refractivity contribution in [1.29, 1.82) is 0 Å². The maximum absolute atomic E-state index is 2.47. The lowest BCUT2D eigenvalue weighted by molar-refractivity contribution is 0.945. The fourth-order valence-corrected chi connectivity index (χ4v) is 9.51. The van der Waals surface area contributed by atoms with Crippen LogP contribution in [-0.4, -0.2) is 9.13 Å². The zero-order valence-electron chi connectivity index (χ0n) is 27.3. The molecule has 2 nitrogen and oxygen atoms in total. The number of nitrogens with zero attached hydrogens (tertiary/aromatic N) is 2. The van der Waals surface area contributed by atoms with Gasteiger partial charge in [-0.15, -0.1) is 0 Å². The predicted octanol–water partition coefficient (Wildman–Crippen LogP) is 12.4. The van der Waals surface area contributed by atoms with Crippen LogP contribution in [-0.2, 0) is 12.8 Å². The van der Waals surface area contributed by atoms with Gasteiger partial charge in [-0.3, -0.25) is 0 Å². The maximum atomic E-state index is 2.47. The summed E-state index contributed by atoms with van der Waals surface area (Å²) >= 11 is 0. The van der Waals surface area contributed by atoms with Crippen molar-refractivity contribution < 1.29 is 0 Å². The Balaban J connectivity index is 1.10. The van der Waals surface area contributed by atoms with Gasteiger partial charge >= 0.3 is 0 Å². The summed E-state index contributed by atoms with van der Waals surface area (Å²) in [5, 5.41) is 7.99. The summed E-state index contributed by atoms with van der Waals surface area (Å²) in [4.78, 5) is 0. The van der Waals surface area contributed by atoms with Gasteiger partial charge in [0.1, 0.15) is 0 Å². The molecule has 0 saturated carbocycles. The molecular formula is C48H30N2. The van der Waals surface area contributed by atoms with E-state index in [0.29, 0.717) is 0 Å². The summed E-state index contributed by atoms with van der Waals surface area (Å²) in [7, 11) is 0. The van der Waals surface area contributed by atoms with Gasteiger partial charge in [-0.1, -0.05) is 109 Å². The average Bonchev–Trinajstić information content (AvgIpc) is 3.82. The molecule has 0 spiro atoms. The van der Waals surface area contributed by atoms with Crippen molar-refractivity contribution in [1.82, 2.24) is 9.13 Å². The van der Waals surface area contributed by atoms with Gasteiger partial charge < -0.3 is 9.13 Å². The van der Waals surface area contributed by atoms with Crippen LogP contribution in [0.1, 0.15) is 11.1 Å². The second kappa shape index (κ2) is 9.62. The molecule has 0 fully saturated rings. The van der Waals surface area contributed by atoms with E-state index in [9.17, 15) is 0 Å². The summed E-state index contributed by atoms with van der Waals surface area (Å²) in [6.45, 7) is 0. The first-order chi connectivity index (χ1) is 24.8. The van der Waals surface area contributed by atoms with Gasteiger partial charge in [-0.2, -0.15) is 0 Å². The van der Waals surface area contributed by atoms with Crippen molar-refractivity contribution in [2.75, 3.05) is 0 Å². The lowest BCUT2D eigenvalue weighted by Crippen LogP contribution is -2.04. The van der Waals surface area contributed by atoms with E-state index in [1.54, 1.807) is 0 Å². The highest BCUT2D eigenvalue weighted by Gasteiger charge is 2.26. The van der Waals surface area contributed by atoms with E-state index in [-0.39, 0.29) is 0 Å². The molecule has 2 aliphatic carbocycles. The Bertz CT molecular complexity index is 3080. The summed E-state index contributed by atoms with van der Waals surface area (Å²) in [6.07, 6.45) is 2.18. The Labute approximate surface area is 289 Å². The Morgan fingerprint density at radius 2 is 0.880 bits per heavy atom. The summed E-state index contributed by atoms with van der Waals surface area (Å²) in [6, 6.07) is 58.9.